The predicted octanol–water partition coefficient (Wildman–Crippen LogP) is 3.81. The van der Waals surface area contributed by atoms with Gasteiger partial charge in [0, 0.05) is 26.1 Å². The zero-order chi connectivity index (χ0) is 15.9. The number of halogens is 2. The molecular formula is C16H17Cl2N3O. The SMILES string of the molecule is N#CCC[C@H](C#N)CN1CCO[C@H](c2ccc(Cl)c(Cl)c2)C1. The Morgan fingerprint density at radius 3 is 2.82 bits per heavy atom. The largest absolute Gasteiger partial charge is 0.371 e. The zero-order valence-corrected chi connectivity index (χ0v) is 13.6. The molecule has 0 aliphatic carbocycles. The normalized spacial score (nSPS) is 20.1. The van der Waals surface area contributed by atoms with Gasteiger partial charge in [0.25, 0.3) is 0 Å². The van der Waals surface area contributed by atoms with Crippen LogP contribution in [-0.4, -0.2) is 31.1 Å². The Balaban J connectivity index is 1.98. The Morgan fingerprint density at radius 2 is 2.14 bits per heavy atom. The molecule has 22 heavy (non-hydrogen) atoms. The Bertz CT molecular complexity index is 594. The first-order valence-corrected chi connectivity index (χ1v) is 7.95. The van der Waals surface area contributed by atoms with Crippen LogP contribution in [0.15, 0.2) is 18.2 Å². The second-order valence-electron chi connectivity index (χ2n) is 5.32. The molecule has 1 aromatic carbocycles. The summed E-state index contributed by atoms with van der Waals surface area (Å²) in [5.74, 6) is -0.118. The van der Waals surface area contributed by atoms with E-state index in [1.165, 1.54) is 0 Å². The van der Waals surface area contributed by atoms with Crippen molar-refractivity contribution in [2.75, 3.05) is 26.2 Å². The van der Waals surface area contributed by atoms with Gasteiger partial charge in [-0.15, -0.1) is 0 Å². The molecule has 0 bridgehead atoms. The molecule has 2 atom stereocenters. The average Bonchev–Trinajstić information content (AvgIpc) is 2.54. The third-order valence-electron chi connectivity index (χ3n) is 3.73. The van der Waals surface area contributed by atoms with Gasteiger partial charge in [0.1, 0.15) is 0 Å². The first-order valence-electron chi connectivity index (χ1n) is 7.19. The van der Waals surface area contributed by atoms with Crippen LogP contribution in [0.3, 0.4) is 0 Å². The maximum Gasteiger partial charge on any atom is 0.0952 e. The van der Waals surface area contributed by atoms with Crippen molar-refractivity contribution in [1.82, 2.24) is 4.90 Å². The maximum atomic E-state index is 9.18. The Labute approximate surface area is 140 Å². The van der Waals surface area contributed by atoms with Crippen LogP contribution in [0.2, 0.25) is 10.0 Å². The van der Waals surface area contributed by atoms with Gasteiger partial charge in [0.15, 0.2) is 0 Å². The van der Waals surface area contributed by atoms with Crippen molar-refractivity contribution in [3.05, 3.63) is 33.8 Å². The highest BCUT2D eigenvalue weighted by atomic mass is 35.5. The quantitative estimate of drug-likeness (QED) is 0.819. The molecule has 116 valence electrons. The molecule has 1 aliphatic heterocycles. The van der Waals surface area contributed by atoms with Crippen molar-refractivity contribution >= 4 is 23.2 Å². The van der Waals surface area contributed by atoms with E-state index in [1.54, 1.807) is 6.07 Å². The lowest BCUT2D eigenvalue weighted by Gasteiger charge is -2.34. The van der Waals surface area contributed by atoms with Crippen molar-refractivity contribution in [3.63, 3.8) is 0 Å². The number of hydrogen-bond acceptors (Lipinski definition) is 4. The van der Waals surface area contributed by atoms with E-state index in [4.69, 9.17) is 33.2 Å². The standard InChI is InChI=1S/C16H17Cl2N3O/c17-14-4-3-13(8-15(14)18)16-11-21(6-7-22-16)10-12(9-20)2-1-5-19/h3-4,8,12,16H,1-2,6-7,10-11H2/t12-,16+/m1/s1. The summed E-state index contributed by atoms with van der Waals surface area (Å²) in [6.45, 7) is 2.78. The van der Waals surface area contributed by atoms with Gasteiger partial charge in [0.05, 0.1) is 40.8 Å². The molecule has 0 spiro atoms. The summed E-state index contributed by atoms with van der Waals surface area (Å²) < 4.78 is 5.81. The number of nitrogens with zero attached hydrogens (tertiary/aromatic N) is 3. The van der Waals surface area contributed by atoms with E-state index in [0.29, 0.717) is 42.6 Å². The second kappa shape index (κ2) is 8.36. The summed E-state index contributed by atoms with van der Waals surface area (Å²) in [6.07, 6.45) is 0.958. The molecule has 1 aliphatic rings. The first kappa shape index (κ1) is 17.1. The Morgan fingerprint density at radius 1 is 1.32 bits per heavy atom. The van der Waals surface area contributed by atoms with Gasteiger partial charge in [-0.05, 0) is 24.1 Å². The first-order chi connectivity index (χ1) is 10.6. The molecule has 0 amide bonds. The molecule has 0 saturated carbocycles. The minimum atomic E-state index is -0.118. The molecule has 0 radical (unpaired) electrons. The average molecular weight is 338 g/mol. The summed E-state index contributed by atoms with van der Waals surface area (Å²) in [6, 6.07) is 9.89. The fourth-order valence-electron chi connectivity index (χ4n) is 2.53. The number of hydrogen-bond donors (Lipinski definition) is 0. The summed E-state index contributed by atoms with van der Waals surface area (Å²) in [5, 5.41) is 18.9. The molecule has 6 heteroatoms. The molecule has 1 heterocycles. The maximum absolute atomic E-state index is 9.18. The lowest BCUT2D eigenvalue weighted by Crippen LogP contribution is -2.40. The van der Waals surface area contributed by atoms with Crippen LogP contribution in [0, 0.1) is 28.6 Å². The molecular weight excluding hydrogens is 321 g/mol. The van der Waals surface area contributed by atoms with E-state index in [2.05, 4.69) is 17.0 Å². The van der Waals surface area contributed by atoms with Gasteiger partial charge in [-0.1, -0.05) is 29.3 Å². The van der Waals surface area contributed by atoms with Gasteiger partial charge in [0.2, 0.25) is 0 Å². The summed E-state index contributed by atoms with van der Waals surface area (Å²) in [5.41, 5.74) is 0.990. The van der Waals surface area contributed by atoms with E-state index in [-0.39, 0.29) is 12.0 Å². The summed E-state index contributed by atoms with van der Waals surface area (Å²) >= 11 is 12.0. The third kappa shape index (κ3) is 4.60. The van der Waals surface area contributed by atoms with Crippen molar-refractivity contribution in [2.45, 2.75) is 18.9 Å². The summed E-state index contributed by atoms with van der Waals surface area (Å²) in [4.78, 5) is 2.21. The van der Waals surface area contributed by atoms with Crippen molar-refractivity contribution in [3.8, 4) is 12.1 Å². The molecule has 0 N–H and O–H groups in total. The molecule has 4 nitrogen and oxygen atoms in total. The van der Waals surface area contributed by atoms with Crippen molar-refractivity contribution in [2.24, 2.45) is 5.92 Å². The predicted molar refractivity (Wildman–Crippen MR) is 85.5 cm³/mol. The lowest BCUT2D eigenvalue weighted by molar-refractivity contribution is -0.0328. The van der Waals surface area contributed by atoms with Crippen LogP contribution in [0.25, 0.3) is 0 Å². The monoisotopic (exact) mass is 337 g/mol. The molecule has 0 aromatic heterocycles. The van der Waals surface area contributed by atoms with Crippen LogP contribution in [0.1, 0.15) is 24.5 Å². The van der Waals surface area contributed by atoms with Crippen LogP contribution in [0.4, 0.5) is 0 Å². The van der Waals surface area contributed by atoms with Gasteiger partial charge in [-0.3, -0.25) is 4.90 Å². The molecule has 0 unspecified atom stereocenters. The van der Waals surface area contributed by atoms with E-state index >= 15 is 0 Å². The lowest BCUT2D eigenvalue weighted by atomic mass is 10.0. The van der Waals surface area contributed by atoms with Crippen LogP contribution >= 0.6 is 23.2 Å². The van der Waals surface area contributed by atoms with Crippen molar-refractivity contribution < 1.29 is 4.74 Å². The van der Waals surface area contributed by atoms with Gasteiger partial charge in [-0.25, -0.2) is 0 Å². The zero-order valence-electron chi connectivity index (χ0n) is 12.1. The van der Waals surface area contributed by atoms with Crippen LogP contribution in [-0.2, 0) is 4.74 Å². The fraction of sp³-hybridized carbons (Fsp3) is 0.500. The van der Waals surface area contributed by atoms with Gasteiger partial charge in [-0.2, -0.15) is 10.5 Å². The highest BCUT2D eigenvalue weighted by Gasteiger charge is 2.24. The fourth-order valence-corrected chi connectivity index (χ4v) is 2.84. The third-order valence-corrected chi connectivity index (χ3v) is 4.47. The van der Waals surface area contributed by atoms with Crippen LogP contribution in [0.5, 0.6) is 0 Å². The minimum absolute atomic E-state index is 0.0705. The highest BCUT2D eigenvalue weighted by molar-refractivity contribution is 6.42. The van der Waals surface area contributed by atoms with Crippen molar-refractivity contribution in [1.29, 1.82) is 10.5 Å². The smallest absolute Gasteiger partial charge is 0.0952 e. The number of rotatable bonds is 5. The Kier molecular flexibility index (Phi) is 6.49. The van der Waals surface area contributed by atoms with Gasteiger partial charge < -0.3 is 4.74 Å². The Hall–Kier alpha value is -1.30. The number of benzene rings is 1. The van der Waals surface area contributed by atoms with E-state index in [1.807, 2.05) is 12.1 Å². The van der Waals surface area contributed by atoms with E-state index in [9.17, 15) is 5.26 Å². The molecule has 1 fully saturated rings. The molecule has 2 rings (SSSR count). The topological polar surface area (TPSA) is 60.0 Å². The van der Waals surface area contributed by atoms with E-state index in [0.717, 1.165) is 12.1 Å². The number of nitriles is 2. The minimum Gasteiger partial charge on any atom is -0.371 e. The molecule has 1 aromatic rings. The van der Waals surface area contributed by atoms with E-state index < -0.39 is 0 Å². The molecule has 1 saturated heterocycles. The number of morpholine rings is 1. The van der Waals surface area contributed by atoms with Crippen LogP contribution < -0.4 is 0 Å². The highest BCUT2D eigenvalue weighted by Crippen LogP contribution is 2.29. The summed E-state index contributed by atoms with van der Waals surface area (Å²) in [7, 11) is 0. The number of ether oxygens (including phenoxy) is 1. The second-order valence-corrected chi connectivity index (χ2v) is 6.13. The van der Waals surface area contributed by atoms with Gasteiger partial charge >= 0.3 is 0 Å².